The van der Waals surface area contributed by atoms with Crippen LogP contribution in [0.4, 0.5) is 0 Å². The van der Waals surface area contributed by atoms with E-state index in [1.165, 1.54) is 24.2 Å². The molecule has 2 aromatic carbocycles. The van der Waals surface area contributed by atoms with Gasteiger partial charge in [0.25, 0.3) is 0 Å². The zero-order valence-electron chi connectivity index (χ0n) is 15.0. The number of hydrogen-bond acceptors (Lipinski definition) is 5. The summed E-state index contributed by atoms with van der Waals surface area (Å²) in [7, 11) is 0. The van der Waals surface area contributed by atoms with E-state index in [9.17, 15) is 0 Å². The SMILES string of the molecule is CSC(=NCc1ccccc1)N/N=C/C=N/NC(=S)NCc1ccccc1. The number of thiocarbonyl (C=S) groups is 1. The van der Waals surface area contributed by atoms with E-state index in [2.05, 4.69) is 31.4 Å². The Morgan fingerprint density at radius 1 is 0.926 bits per heavy atom. The van der Waals surface area contributed by atoms with E-state index in [0.29, 0.717) is 18.2 Å². The summed E-state index contributed by atoms with van der Waals surface area (Å²) in [6.45, 7) is 1.25. The molecule has 0 saturated carbocycles. The summed E-state index contributed by atoms with van der Waals surface area (Å²) >= 11 is 6.65. The molecule has 0 unspecified atom stereocenters. The summed E-state index contributed by atoms with van der Waals surface area (Å²) in [5.41, 5.74) is 7.93. The minimum absolute atomic E-state index is 0.450. The van der Waals surface area contributed by atoms with E-state index in [4.69, 9.17) is 12.2 Å². The van der Waals surface area contributed by atoms with Gasteiger partial charge in [-0.15, -0.1) is 0 Å². The molecule has 3 N–H and O–H groups in total. The van der Waals surface area contributed by atoms with Crippen LogP contribution in [0, 0.1) is 0 Å². The van der Waals surface area contributed by atoms with Crippen LogP contribution in [0.5, 0.6) is 0 Å². The first-order valence-corrected chi connectivity index (χ1v) is 9.92. The van der Waals surface area contributed by atoms with Crippen molar-refractivity contribution in [1.29, 1.82) is 0 Å². The van der Waals surface area contributed by atoms with E-state index < -0.39 is 0 Å². The molecule has 8 heteroatoms. The third kappa shape index (κ3) is 8.98. The zero-order valence-corrected chi connectivity index (χ0v) is 16.6. The van der Waals surface area contributed by atoms with Gasteiger partial charge in [0.2, 0.25) is 0 Å². The summed E-state index contributed by atoms with van der Waals surface area (Å²) in [6.07, 6.45) is 4.98. The molecule has 0 heterocycles. The lowest BCUT2D eigenvalue weighted by atomic mass is 10.2. The standard InChI is InChI=1S/C19H22N6S2/c1-27-19(21-15-17-10-6-3-7-11-17)25-23-13-12-22-24-18(26)20-14-16-8-4-2-5-9-16/h2-13H,14-15H2,1H3,(H,21,25)(H2,20,24,26)/b22-12+,23-13+. The van der Waals surface area contributed by atoms with Crippen LogP contribution >= 0.6 is 24.0 Å². The molecule has 0 aliphatic rings. The Morgan fingerprint density at radius 3 is 2.15 bits per heavy atom. The molecule has 140 valence electrons. The number of hydrogen-bond donors (Lipinski definition) is 3. The van der Waals surface area contributed by atoms with Crippen molar-refractivity contribution in [3.63, 3.8) is 0 Å². The van der Waals surface area contributed by atoms with Crippen molar-refractivity contribution in [2.75, 3.05) is 6.26 Å². The van der Waals surface area contributed by atoms with Crippen LogP contribution < -0.4 is 16.2 Å². The molecule has 2 rings (SSSR count). The first-order valence-electron chi connectivity index (χ1n) is 8.29. The smallest absolute Gasteiger partial charge is 0.187 e. The van der Waals surface area contributed by atoms with E-state index in [1.54, 1.807) is 0 Å². The van der Waals surface area contributed by atoms with Crippen LogP contribution in [0.1, 0.15) is 11.1 Å². The number of benzene rings is 2. The van der Waals surface area contributed by atoms with Gasteiger partial charge in [-0.05, 0) is 29.6 Å². The highest BCUT2D eigenvalue weighted by molar-refractivity contribution is 8.13. The van der Waals surface area contributed by atoms with E-state index in [-0.39, 0.29) is 0 Å². The van der Waals surface area contributed by atoms with Gasteiger partial charge < -0.3 is 5.32 Å². The van der Waals surface area contributed by atoms with Crippen molar-refractivity contribution < 1.29 is 0 Å². The third-order valence-electron chi connectivity index (χ3n) is 3.28. The molecular weight excluding hydrogens is 376 g/mol. The summed E-state index contributed by atoms with van der Waals surface area (Å²) in [5.74, 6) is 0. The predicted molar refractivity (Wildman–Crippen MR) is 120 cm³/mol. The number of rotatable bonds is 7. The summed E-state index contributed by atoms with van der Waals surface area (Å²) in [5, 5.41) is 12.3. The highest BCUT2D eigenvalue weighted by Crippen LogP contribution is 2.03. The Hall–Kier alpha value is -2.71. The maximum absolute atomic E-state index is 5.15. The Balaban J connectivity index is 1.66. The lowest BCUT2D eigenvalue weighted by Gasteiger charge is -2.06. The number of aliphatic imine (C=N–C) groups is 1. The Morgan fingerprint density at radius 2 is 1.52 bits per heavy atom. The molecule has 0 aliphatic carbocycles. The van der Waals surface area contributed by atoms with Gasteiger partial charge in [-0.3, -0.25) is 15.8 Å². The molecule has 0 amide bonds. The second-order valence-electron chi connectivity index (χ2n) is 5.26. The molecule has 6 nitrogen and oxygen atoms in total. The monoisotopic (exact) mass is 398 g/mol. The van der Waals surface area contributed by atoms with Gasteiger partial charge in [0.05, 0.1) is 19.0 Å². The quantitative estimate of drug-likeness (QED) is 0.289. The molecule has 0 spiro atoms. The topological polar surface area (TPSA) is 73.2 Å². The van der Waals surface area contributed by atoms with Crippen LogP contribution in [-0.4, -0.2) is 29.0 Å². The fraction of sp³-hybridized carbons (Fsp3) is 0.158. The number of nitrogens with zero attached hydrogens (tertiary/aromatic N) is 3. The molecule has 0 fully saturated rings. The van der Waals surface area contributed by atoms with Gasteiger partial charge in [-0.1, -0.05) is 72.4 Å². The third-order valence-corrected chi connectivity index (χ3v) is 4.12. The van der Waals surface area contributed by atoms with Crippen LogP contribution in [0.2, 0.25) is 0 Å². The van der Waals surface area contributed by atoms with Gasteiger partial charge in [0, 0.05) is 6.54 Å². The van der Waals surface area contributed by atoms with Crippen LogP contribution in [0.15, 0.2) is 75.9 Å². The van der Waals surface area contributed by atoms with E-state index >= 15 is 0 Å². The summed E-state index contributed by atoms with van der Waals surface area (Å²) in [4.78, 5) is 4.48. The highest BCUT2D eigenvalue weighted by Gasteiger charge is 1.95. The lowest BCUT2D eigenvalue weighted by Crippen LogP contribution is -2.31. The zero-order chi connectivity index (χ0) is 19.2. The van der Waals surface area contributed by atoms with Gasteiger partial charge in [-0.2, -0.15) is 10.2 Å². The minimum Gasteiger partial charge on any atom is -0.357 e. The number of hydrazone groups is 2. The molecule has 0 saturated heterocycles. The highest BCUT2D eigenvalue weighted by atomic mass is 32.2. The van der Waals surface area contributed by atoms with Gasteiger partial charge in [0.15, 0.2) is 10.3 Å². The molecule has 0 atom stereocenters. The Labute approximate surface area is 169 Å². The molecule has 27 heavy (non-hydrogen) atoms. The Kier molecular flexibility index (Phi) is 9.62. The molecular formula is C19H22N6S2. The molecule has 0 bridgehead atoms. The van der Waals surface area contributed by atoms with Gasteiger partial charge in [-0.25, -0.2) is 0 Å². The van der Waals surface area contributed by atoms with Crippen molar-refractivity contribution in [2.45, 2.75) is 13.1 Å². The largest absolute Gasteiger partial charge is 0.357 e. The van der Waals surface area contributed by atoms with Crippen LogP contribution in [0.25, 0.3) is 0 Å². The minimum atomic E-state index is 0.450. The lowest BCUT2D eigenvalue weighted by molar-refractivity contribution is 0.869. The van der Waals surface area contributed by atoms with Crippen molar-refractivity contribution in [2.24, 2.45) is 15.2 Å². The molecule has 0 aromatic heterocycles. The average molecular weight is 399 g/mol. The van der Waals surface area contributed by atoms with Crippen molar-refractivity contribution in [3.05, 3.63) is 71.8 Å². The van der Waals surface area contributed by atoms with Crippen LogP contribution in [-0.2, 0) is 13.1 Å². The summed E-state index contributed by atoms with van der Waals surface area (Å²) < 4.78 is 0. The molecule has 0 aliphatic heterocycles. The van der Waals surface area contributed by atoms with E-state index in [1.807, 2.05) is 66.9 Å². The van der Waals surface area contributed by atoms with Crippen LogP contribution in [0.3, 0.4) is 0 Å². The summed E-state index contributed by atoms with van der Waals surface area (Å²) in [6, 6.07) is 20.1. The fourth-order valence-electron chi connectivity index (χ4n) is 1.96. The average Bonchev–Trinajstić information content (AvgIpc) is 2.72. The maximum Gasteiger partial charge on any atom is 0.187 e. The molecule has 2 aromatic rings. The van der Waals surface area contributed by atoms with Gasteiger partial charge >= 0.3 is 0 Å². The maximum atomic E-state index is 5.15. The van der Waals surface area contributed by atoms with Crippen molar-refractivity contribution >= 4 is 46.7 Å². The van der Waals surface area contributed by atoms with Crippen molar-refractivity contribution in [1.82, 2.24) is 16.2 Å². The number of nitrogens with one attached hydrogen (secondary N) is 3. The number of thioether (sulfide) groups is 1. The molecule has 0 radical (unpaired) electrons. The second-order valence-corrected chi connectivity index (χ2v) is 6.46. The van der Waals surface area contributed by atoms with E-state index in [0.717, 1.165) is 16.3 Å². The second kappa shape index (κ2) is 12.6. The Bertz CT molecular complexity index is 775. The predicted octanol–water partition coefficient (Wildman–Crippen LogP) is 3.13. The first kappa shape index (κ1) is 20.6. The van der Waals surface area contributed by atoms with Gasteiger partial charge in [0.1, 0.15) is 0 Å². The van der Waals surface area contributed by atoms with Crippen molar-refractivity contribution in [3.8, 4) is 0 Å². The fourth-order valence-corrected chi connectivity index (χ4v) is 2.43. The first-order chi connectivity index (χ1) is 13.3. The number of amidine groups is 1. The normalized spacial score (nSPS) is 11.7.